The molecule has 0 aromatic carbocycles. The van der Waals surface area contributed by atoms with E-state index in [1.807, 2.05) is 0 Å². The maximum absolute atomic E-state index is 11.8. The molecule has 14 nitrogen and oxygen atoms in total. The Hall–Kier alpha value is -3.55. The molecule has 0 bridgehead atoms. The fraction of sp³-hybridized carbons (Fsp3) is 0.611. The van der Waals surface area contributed by atoms with E-state index in [2.05, 4.69) is 15.0 Å². The van der Waals surface area contributed by atoms with Crippen molar-refractivity contribution >= 4 is 29.8 Å². The average Bonchev–Trinajstić information content (AvgIpc) is 3.16. The topological polar surface area (TPSA) is 171 Å². The lowest BCUT2D eigenvalue weighted by Crippen LogP contribution is -2.59. The van der Waals surface area contributed by atoms with Crippen molar-refractivity contribution in [2.75, 3.05) is 13.7 Å². The molecular weight excluding hydrogens is 434 g/mol. The molecule has 1 saturated heterocycles. The molecule has 1 aromatic rings. The van der Waals surface area contributed by atoms with Crippen LogP contribution >= 0.6 is 0 Å². The van der Waals surface area contributed by atoms with Crippen LogP contribution in [0.5, 0.6) is 0 Å². The fourth-order valence-corrected chi connectivity index (χ4v) is 3.06. The van der Waals surface area contributed by atoms with Crippen LogP contribution in [0.4, 0.5) is 0 Å². The molecule has 0 saturated carbocycles. The summed E-state index contributed by atoms with van der Waals surface area (Å²) in [6.07, 6.45) is -4.10. The van der Waals surface area contributed by atoms with Crippen molar-refractivity contribution in [2.45, 2.75) is 58.3 Å². The van der Waals surface area contributed by atoms with Crippen molar-refractivity contribution in [1.29, 1.82) is 0 Å². The molecule has 1 aliphatic heterocycles. The number of nitrogens with zero attached hydrogens (tertiary/aromatic N) is 3. The summed E-state index contributed by atoms with van der Waals surface area (Å²) >= 11 is 0. The van der Waals surface area contributed by atoms with Gasteiger partial charge in [0.25, 0.3) is 0 Å². The van der Waals surface area contributed by atoms with E-state index in [-0.39, 0.29) is 5.69 Å². The third kappa shape index (κ3) is 6.23. The highest BCUT2D eigenvalue weighted by molar-refractivity contribution is 5.86. The minimum absolute atomic E-state index is 0.192. The van der Waals surface area contributed by atoms with E-state index in [1.165, 1.54) is 6.20 Å². The Morgan fingerprint density at radius 3 is 2.06 bits per heavy atom. The van der Waals surface area contributed by atoms with E-state index < -0.39 is 67.1 Å². The summed E-state index contributed by atoms with van der Waals surface area (Å²) in [6.45, 7) is 4.10. The lowest BCUT2D eigenvalue weighted by Gasteiger charge is -2.44. The minimum atomic E-state index is -1.49. The third-order valence-electron chi connectivity index (χ3n) is 4.16. The molecule has 1 aromatic heterocycles. The number of esters is 5. The zero-order valence-electron chi connectivity index (χ0n) is 18.0. The van der Waals surface area contributed by atoms with Gasteiger partial charge in [-0.05, 0) is 0 Å². The van der Waals surface area contributed by atoms with E-state index in [0.29, 0.717) is 0 Å². The Morgan fingerprint density at radius 1 is 0.938 bits per heavy atom. The molecule has 1 aliphatic rings. The number of carbonyl (C=O) groups is 5. The average molecular weight is 457 g/mol. The zero-order valence-corrected chi connectivity index (χ0v) is 18.0. The van der Waals surface area contributed by atoms with Gasteiger partial charge in [-0.2, -0.15) is 0 Å². The molecule has 2 heterocycles. The number of hydrogen-bond acceptors (Lipinski definition) is 13. The Labute approximate surface area is 182 Å². The van der Waals surface area contributed by atoms with Gasteiger partial charge in [-0.15, -0.1) is 5.10 Å². The van der Waals surface area contributed by atoms with Crippen LogP contribution in [-0.2, 0) is 47.6 Å². The van der Waals surface area contributed by atoms with Crippen LogP contribution in [0.15, 0.2) is 6.20 Å². The molecule has 0 N–H and O–H groups in total. The Kier molecular flexibility index (Phi) is 8.23. The van der Waals surface area contributed by atoms with Gasteiger partial charge in [-0.3, -0.25) is 19.2 Å². The van der Waals surface area contributed by atoms with Crippen molar-refractivity contribution in [3.63, 3.8) is 0 Å². The first-order valence-corrected chi connectivity index (χ1v) is 9.34. The van der Waals surface area contributed by atoms with Crippen LogP contribution in [0, 0.1) is 0 Å². The quantitative estimate of drug-likeness (QED) is 0.373. The smallest absolute Gasteiger partial charge is 0.360 e. The monoisotopic (exact) mass is 457 g/mol. The van der Waals surface area contributed by atoms with Crippen molar-refractivity contribution in [2.24, 2.45) is 0 Å². The van der Waals surface area contributed by atoms with Gasteiger partial charge in [-0.25, -0.2) is 9.48 Å². The molecule has 0 amide bonds. The van der Waals surface area contributed by atoms with Crippen molar-refractivity contribution in [3.8, 4) is 0 Å². The third-order valence-corrected chi connectivity index (χ3v) is 4.16. The maximum atomic E-state index is 11.8. The van der Waals surface area contributed by atoms with Gasteiger partial charge in [0.1, 0.15) is 18.8 Å². The highest BCUT2D eigenvalue weighted by Crippen LogP contribution is 2.35. The molecule has 5 atom stereocenters. The second kappa shape index (κ2) is 10.7. The van der Waals surface area contributed by atoms with Gasteiger partial charge in [0, 0.05) is 27.7 Å². The first kappa shape index (κ1) is 24.7. The number of rotatable bonds is 7. The second-order valence-corrected chi connectivity index (χ2v) is 6.67. The lowest BCUT2D eigenvalue weighted by molar-refractivity contribution is -0.285. The van der Waals surface area contributed by atoms with Crippen LogP contribution < -0.4 is 0 Å². The van der Waals surface area contributed by atoms with Gasteiger partial charge >= 0.3 is 29.8 Å². The standard InChI is InChI=1S/C18H23N3O11/c1-8(22)28-7-13-15(29-9(2)23)14(21-6-12(19-20-21)17(26)27-5)16(30-10(3)24)18(32-13)31-11(4)25/h6,13-16,18H,7H2,1-5H3/t13-,14-,15+,16-,18+/m1/s1. The highest BCUT2D eigenvalue weighted by atomic mass is 16.7. The molecule has 14 heteroatoms. The van der Waals surface area contributed by atoms with Crippen LogP contribution in [0.25, 0.3) is 0 Å². The summed E-state index contributed by atoms with van der Waals surface area (Å²) in [5, 5.41) is 7.54. The molecule has 0 unspecified atom stereocenters. The Balaban J connectivity index is 2.58. The molecule has 0 spiro atoms. The van der Waals surface area contributed by atoms with Gasteiger partial charge in [-0.1, -0.05) is 5.21 Å². The largest absolute Gasteiger partial charge is 0.464 e. The summed E-state index contributed by atoms with van der Waals surface area (Å²) in [7, 11) is 1.14. The molecule has 32 heavy (non-hydrogen) atoms. The van der Waals surface area contributed by atoms with Crippen LogP contribution in [0.2, 0.25) is 0 Å². The van der Waals surface area contributed by atoms with Crippen molar-refractivity contribution < 1.29 is 52.4 Å². The number of aromatic nitrogens is 3. The normalized spacial score (nSPS) is 24.7. The molecule has 0 aliphatic carbocycles. The Bertz CT molecular complexity index is 883. The number of methoxy groups -OCH3 is 1. The first-order valence-electron chi connectivity index (χ1n) is 9.34. The van der Waals surface area contributed by atoms with Crippen molar-refractivity contribution in [3.05, 3.63) is 11.9 Å². The summed E-state index contributed by atoms with van der Waals surface area (Å²) in [5.41, 5.74) is -0.192. The first-order chi connectivity index (χ1) is 15.0. The summed E-state index contributed by atoms with van der Waals surface area (Å²) in [5.74, 6) is -3.72. The van der Waals surface area contributed by atoms with E-state index in [0.717, 1.165) is 39.5 Å². The van der Waals surface area contributed by atoms with Crippen LogP contribution in [0.1, 0.15) is 44.2 Å². The Morgan fingerprint density at radius 2 is 1.53 bits per heavy atom. The summed E-state index contributed by atoms with van der Waals surface area (Å²) < 4.78 is 32.2. The van der Waals surface area contributed by atoms with E-state index >= 15 is 0 Å². The SMILES string of the molecule is COC(=O)c1cn([C@@H]2[C@@H](OC(C)=O)[C@@H](COC(C)=O)O[C@H](OC(C)=O)[C@@H]2OC(C)=O)nn1. The van der Waals surface area contributed by atoms with Gasteiger partial charge in [0.05, 0.1) is 13.3 Å². The summed E-state index contributed by atoms with van der Waals surface area (Å²) in [4.78, 5) is 58.4. The van der Waals surface area contributed by atoms with E-state index in [9.17, 15) is 24.0 Å². The predicted octanol–water partition coefficient (Wildman–Crippen LogP) is -0.680. The molecule has 176 valence electrons. The van der Waals surface area contributed by atoms with E-state index in [1.54, 1.807) is 0 Å². The number of hydrogen-bond donors (Lipinski definition) is 0. The highest BCUT2D eigenvalue weighted by Gasteiger charge is 2.53. The molecule has 2 rings (SSSR count). The van der Waals surface area contributed by atoms with Gasteiger partial charge in [0.15, 0.2) is 17.9 Å². The molecular formula is C18H23N3O11. The number of carbonyl (C=O) groups excluding carboxylic acids is 5. The predicted molar refractivity (Wildman–Crippen MR) is 98.6 cm³/mol. The van der Waals surface area contributed by atoms with Crippen molar-refractivity contribution in [1.82, 2.24) is 15.0 Å². The molecule has 0 radical (unpaired) electrons. The van der Waals surface area contributed by atoms with Gasteiger partial charge < -0.3 is 28.4 Å². The van der Waals surface area contributed by atoms with Gasteiger partial charge in [0.2, 0.25) is 6.29 Å². The minimum Gasteiger partial charge on any atom is -0.464 e. The van der Waals surface area contributed by atoms with Crippen LogP contribution in [-0.4, -0.2) is 83.2 Å². The van der Waals surface area contributed by atoms with E-state index in [4.69, 9.17) is 23.7 Å². The van der Waals surface area contributed by atoms with Crippen LogP contribution in [0.3, 0.4) is 0 Å². The fourth-order valence-electron chi connectivity index (χ4n) is 3.06. The zero-order chi connectivity index (χ0) is 24.0. The number of ether oxygens (including phenoxy) is 6. The molecule has 1 fully saturated rings. The maximum Gasteiger partial charge on any atom is 0.360 e. The summed E-state index contributed by atoms with van der Waals surface area (Å²) in [6, 6.07) is -1.19. The lowest BCUT2D eigenvalue weighted by atomic mass is 9.95. The second-order valence-electron chi connectivity index (χ2n) is 6.67.